The third kappa shape index (κ3) is 1.65. The summed E-state index contributed by atoms with van der Waals surface area (Å²) in [7, 11) is 0. The monoisotopic (exact) mass is 242 g/mol. The lowest BCUT2D eigenvalue weighted by molar-refractivity contribution is -0.132. The average Bonchev–Trinajstić information content (AvgIpc) is 2.95. The van der Waals surface area contributed by atoms with Crippen LogP contribution in [0.2, 0.25) is 0 Å². The molecule has 3 aliphatic heterocycles. The van der Waals surface area contributed by atoms with Gasteiger partial charge in [-0.25, -0.2) is 4.79 Å². The van der Waals surface area contributed by atoms with Crippen molar-refractivity contribution in [2.75, 3.05) is 32.0 Å². The molecule has 0 saturated carbocycles. The lowest BCUT2D eigenvalue weighted by Crippen LogP contribution is -2.45. The lowest BCUT2D eigenvalue weighted by atomic mass is 10.2. The SMILES string of the molecule is O=C1OCCN1CC(=O)N1CC2CC1CS2. The van der Waals surface area contributed by atoms with Gasteiger partial charge in [0.25, 0.3) is 0 Å². The van der Waals surface area contributed by atoms with E-state index >= 15 is 0 Å². The number of thioether (sulfide) groups is 1. The van der Waals surface area contributed by atoms with Crippen molar-refractivity contribution in [3.8, 4) is 0 Å². The minimum Gasteiger partial charge on any atom is -0.448 e. The minimum atomic E-state index is -0.355. The molecule has 2 atom stereocenters. The van der Waals surface area contributed by atoms with E-state index in [1.807, 2.05) is 16.7 Å². The molecule has 5 nitrogen and oxygen atoms in total. The van der Waals surface area contributed by atoms with Crippen molar-refractivity contribution >= 4 is 23.8 Å². The number of likely N-dealkylation sites (tertiary alicyclic amines) is 1. The van der Waals surface area contributed by atoms with E-state index in [0.29, 0.717) is 24.4 Å². The van der Waals surface area contributed by atoms with Crippen LogP contribution in [-0.2, 0) is 9.53 Å². The molecular weight excluding hydrogens is 228 g/mol. The first-order valence-electron chi connectivity index (χ1n) is 5.57. The molecule has 16 heavy (non-hydrogen) atoms. The molecule has 0 aromatic rings. The Morgan fingerprint density at radius 3 is 3.00 bits per heavy atom. The van der Waals surface area contributed by atoms with E-state index in [1.54, 1.807) is 0 Å². The summed E-state index contributed by atoms with van der Waals surface area (Å²) in [6.45, 7) is 2.00. The Hall–Kier alpha value is -0.910. The van der Waals surface area contributed by atoms with Gasteiger partial charge in [0.15, 0.2) is 0 Å². The molecule has 2 unspecified atom stereocenters. The fourth-order valence-corrected chi connectivity index (χ4v) is 3.96. The van der Waals surface area contributed by atoms with Gasteiger partial charge >= 0.3 is 6.09 Å². The number of fused-ring (bicyclic) bond motifs is 2. The van der Waals surface area contributed by atoms with Crippen LogP contribution in [0.5, 0.6) is 0 Å². The lowest BCUT2D eigenvalue weighted by Gasteiger charge is -2.28. The second-order valence-electron chi connectivity index (χ2n) is 4.43. The molecule has 88 valence electrons. The first-order valence-corrected chi connectivity index (χ1v) is 6.61. The van der Waals surface area contributed by atoms with E-state index < -0.39 is 0 Å². The summed E-state index contributed by atoms with van der Waals surface area (Å²) in [6, 6.07) is 0.404. The molecule has 2 bridgehead atoms. The Kier molecular flexibility index (Phi) is 2.46. The van der Waals surface area contributed by atoms with Crippen LogP contribution in [0.1, 0.15) is 6.42 Å². The van der Waals surface area contributed by atoms with Crippen molar-refractivity contribution in [2.24, 2.45) is 0 Å². The van der Waals surface area contributed by atoms with E-state index in [2.05, 4.69) is 0 Å². The Balaban J connectivity index is 1.59. The largest absolute Gasteiger partial charge is 0.448 e. The number of hydrogen-bond donors (Lipinski definition) is 0. The Morgan fingerprint density at radius 2 is 2.44 bits per heavy atom. The molecule has 0 radical (unpaired) electrons. The van der Waals surface area contributed by atoms with E-state index in [9.17, 15) is 9.59 Å². The average molecular weight is 242 g/mol. The van der Waals surface area contributed by atoms with Crippen LogP contribution in [-0.4, -0.2) is 65.1 Å². The van der Waals surface area contributed by atoms with Crippen LogP contribution in [0, 0.1) is 0 Å². The van der Waals surface area contributed by atoms with Crippen LogP contribution in [0.15, 0.2) is 0 Å². The zero-order valence-electron chi connectivity index (χ0n) is 8.92. The number of carbonyl (C=O) groups excluding carboxylic acids is 2. The van der Waals surface area contributed by atoms with Gasteiger partial charge in [-0.3, -0.25) is 9.69 Å². The molecular formula is C10H14N2O3S. The quantitative estimate of drug-likeness (QED) is 0.692. The highest BCUT2D eigenvalue weighted by atomic mass is 32.2. The number of amides is 2. The maximum absolute atomic E-state index is 12.0. The van der Waals surface area contributed by atoms with E-state index in [1.165, 1.54) is 4.90 Å². The van der Waals surface area contributed by atoms with Gasteiger partial charge in [0, 0.05) is 23.6 Å². The summed E-state index contributed by atoms with van der Waals surface area (Å²) >= 11 is 1.96. The van der Waals surface area contributed by atoms with Crippen LogP contribution in [0.25, 0.3) is 0 Å². The molecule has 0 aromatic carbocycles. The Morgan fingerprint density at radius 1 is 1.56 bits per heavy atom. The molecule has 3 aliphatic rings. The van der Waals surface area contributed by atoms with Crippen molar-refractivity contribution in [3.05, 3.63) is 0 Å². The zero-order valence-corrected chi connectivity index (χ0v) is 9.74. The minimum absolute atomic E-state index is 0.0756. The first kappa shape index (κ1) is 10.3. The zero-order chi connectivity index (χ0) is 11.1. The van der Waals surface area contributed by atoms with Crippen LogP contribution in [0.3, 0.4) is 0 Å². The predicted octanol–water partition coefficient (Wildman–Crippen LogP) is 0.155. The van der Waals surface area contributed by atoms with Gasteiger partial charge in [-0.05, 0) is 6.42 Å². The van der Waals surface area contributed by atoms with E-state index in [0.717, 1.165) is 18.7 Å². The second kappa shape index (κ2) is 3.84. The molecule has 3 fully saturated rings. The molecule has 3 heterocycles. The van der Waals surface area contributed by atoms with Gasteiger partial charge in [-0.1, -0.05) is 0 Å². The number of rotatable bonds is 2. The van der Waals surface area contributed by atoms with E-state index in [-0.39, 0.29) is 18.5 Å². The van der Waals surface area contributed by atoms with Crippen molar-refractivity contribution in [1.29, 1.82) is 0 Å². The number of carbonyl (C=O) groups is 2. The molecule has 0 aromatic heterocycles. The van der Waals surface area contributed by atoms with Crippen molar-refractivity contribution in [1.82, 2.24) is 9.80 Å². The number of hydrogen-bond acceptors (Lipinski definition) is 4. The van der Waals surface area contributed by atoms with Crippen LogP contribution in [0.4, 0.5) is 4.79 Å². The highest BCUT2D eigenvalue weighted by Crippen LogP contribution is 2.37. The van der Waals surface area contributed by atoms with Gasteiger partial charge in [0.2, 0.25) is 5.91 Å². The topological polar surface area (TPSA) is 49.9 Å². The standard InChI is InChI=1S/C10H14N2O3S/c13-9(5-11-1-2-15-10(11)14)12-4-8-3-7(12)6-16-8/h7-8H,1-6H2. The summed E-state index contributed by atoms with van der Waals surface area (Å²) in [5, 5.41) is 0.625. The van der Waals surface area contributed by atoms with Gasteiger partial charge < -0.3 is 9.64 Å². The summed E-state index contributed by atoms with van der Waals surface area (Å²) in [5.41, 5.74) is 0. The summed E-state index contributed by atoms with van der Waals surface area (Å²) in [6.07, 6.45) is 0.771. The van der Waals surface area contributed by atoms with Gasteiger partial charge in [-0.15, -0.1) is 0 Å². The molecule has 2 amide bonds. The Labute approximate surface area is 98.1 Å². The third-order valence-corrected chi connectivity index (χ3v) is 4.78. The van der Waals surface area contributed by atoms with Crippen molar-refractivity contribution < 1.29 is 14.3 Å². The predicted molar refractivity (Wildman–Crippen MR) is 59.3 cm³/mol. The maximum Gasteiger partial charge on any atom is 0.410 e. The Bertz CT molecular complexity index is 336. The molecule has 0 N–H and O–H groups in total. The van der Waals surface area contributed by atoms with E-state index in [4.69, 9.17) is 4.74 Å². The highest BCUT2D eigenvalue weighted by Gasteiger charge is 2.41. The third-order valence-electron chi connectivity index (χ3n) is 3.39. The van der Waals surface area contributed by atoms with Gasteiger partial charge in [0.1, 0.15) is 13.2 Å². The number of cyclic esters (lactones) is 1. The summed E-state index contributed by atoms with van der Waals surface area (Å²) in [5.74, 6) is 1.13. The van der Waals surface area contributed by atoms with Crippen molar-refractivity contribution in [3.63, 3.8) is 0 Å². The number of ether oxygens (including phenoxy) is 1. The second-order valence-corrected chi connectivity index (χ2v) is 5.76. The van der Waals surface area contributed by atoms with Crippen LogP contribution >= 0.6 is 11.8 Å². The smallest absolute Gasteiger partial charge is 0.410 e. The molecule has 6 heteroatoms. The number of nitrogens with zero attached hydrogens (tertiary/aromatic N) is 2. The van der Waals surface area contributed by atoms with Gasteiger partial charge in [-0.2, -0.15) is 11.8 Å². The molecule has 3 saturated heterocycles. The normalized spacial score (nSPS) is 32.4. The van der Waals surface area contributed by atoms with Crippen LogP contribution < -0.4 is 0 Å². The fourth-order valence-electron chi connectivity index (χ4n) is 2.53. The van der Waals surface area contributed by atoms with Gasteiger partial charge in [0.05, 0.1) is 6.54 Å². The van der Waals surface area contributed by atoms with Crippen molar-refractivity contribution in [2.45, 2.75) is 17.7 Å². The first-order chi connectivity index (χ1) is 7.74. The molecule has 3 rings (SSSR count). The molecule has 0 aliphatic carbocycles. The fraction of sp³-hybridized carbons (Fsp3) is 0.800. The molecule has 0 spiro atoms. The maximum atomic E-state index is 12.0. The summed E-state index contributed by atoms with van der Waals surface area (Å²) < 4.78 is 4.80. The summed E-state index contributed by atoms with van der Waals surface area (Å²) in [4.78, 5) is 26.6. The highest BCUT2D eigenvalue weighted by molar-refractivity contribution is 8.00.